The van der Waals surface area contributed by atoms with Crippen molar-refractivity contribution in [2.75, 3.05) is 33.3 Å². The molecule has 5 nitrogen and oxygen atoms in total. The first-order valence-corrected chi connectivity index (χ1v) is 7.37. The molecule has 0 spiro atoms. The molecule has 108 valence electrons. The van der Waals surface area contributed by atoms with E-state index in [4.69, 9.17) is 4.74 Å². The Kier molecular flexibility index (Phi) is 5.07. The van der Waals surface area contributed by atoms with Crippen LogP contribution in [0.25, 0.3) is 0 Å². The third-order valence-electron chi connectivity index (χ3n) is 3.74. The average Bonchev–Trinajstić information content (AvgIpc) is 2.48. The van der Waals surface area contributed by atoms with Crippen LogP contribution in [0.5, 0.6) is 0 Å². The number of nitrogens with zero attached hydrogens (tertiary/aromatic N) is 2. The molecule has 1 unspecified atom stereocenters. The van der Waals surface area contributed by atoms with E-state index in [1.165, 1.54) is 11.4 Å². The molecule has 2 aliphatic heterocycles. The molecule has 19 heavy (non-hydrogen) atoms. The predicted molar refractivity (Wildman–Crippen MR) is 78.0 cm³/mol. The highest BCUT2D eigenvalue weighted by atomic mass is 16.5. The molecule has 0 aliphatic carbocycles. The van der Waals surface area contributed by atoms with E-state index in [0.29, 0.717) is 6.02 Å². The van der Waals surface area contributed by atoms with Crippen LogP contribution in [0, 0.1) is 0 Å². The van der Waals surface area contributed by atoms with Crippen LogP contribution in [0.1, 0.15) is 33.1 Å². The van der Waals surface area contributed by atoms with Gasteiger partial charge in [0.2, 0.25) is 0 Å². The summed E-state index contributed by atoms with van der Waals surface area (Å²) in [6, 6.07) is 0.918. The van der Waals surface area contributed by atoms with Gasteiger partial charge in [0.25, 0.3) is 6.02 Å². The molecule has 0 saturated carbocycles. The summed E-state index contributed by atoms with van der Waals surface area (Å²) in [7, 11) is 1.68. The number of rotatable bonds is 4. The second-order valence-corrected chi connectivity index (χ2v) is 5.05. The van der Waals surface area contributed by atoms with Gasteiger partial charge in [-0.1, -0.05) is 20.3 Å². The normalized spacial score (nSPS) is 24.1. The fourth-order valence-electron chi connectivity index (χ4n) is 2.76. The van der Waals surface area contributed by atoms with Crippen LogP contribution in [-0.2, 0) is 4.74 Å². The summed E-state index contributed by atoms with van der Waals surface area (Å²) in [5.41, 5.74) is 1.44. The van der Waals surface area contributed by atoms with Crippen molar-refractivity contribution in [1.82, 2.24) is 15.5 Å². The molecule has 2 N–H and O–H groups in total. The molecule has 0 amide bonds. The van der Waals surface area contributed by atoms with Gasteiger partial charge in [-0.2, -0.15) is 0 Å². The molecule has 0 radical (unpaired) electrons. The molecular weight excluding hydrogens is 240 g/mol. The van der Waals surface area contributed by atoms with Gasteiger partial charge in [-0.15, -0.1) is 0 Å². The molecule has 2 aliphatic rings. The third-order valence-corrected chi connectivity index (χ3v) is 3.74. The highest BCUT2D eigenvalue weighted by molar-refractivity contribution is 5.77. The fraction of sp³-hybridized carbons (Fsp3) is 0.786. The molecular formula is C14H26N4O. The van der Waals surface area contributed by atoms with Crippen molar-refractivity contribution in [2.24, 2.45) is 4.99 Å². The molecule has 2 heterocycles. The van der Waals surface area contributed by atoms with Gasteiger partial charge in [0.1, 0.15) is 5.82 Å². The van der Waals surface area contributed by atoms with Crippen molar-refractivity contribution in [3.63, 3.8) is 0 Å². The summed E-state index contributed by atoms with van der Waals surface area (Å²) >= 11 is 0. The average molecular weight is 266 g/mol. The fourth-order valence-corrected chi connectivity index (χ4v) is 2.76. The summed E-state index contributed by atoms with van der Waals surface area (Å²) < 4.78 is 5.33. The lowest BCUT2D eigenvalue weighted by Gasteiger charge is -2.37. The zero-order chi connectivity index (χ0) is 13.7. The highest BCUT2D eigenvalue weighted by Crippen LogP contribution is 2.25. The third kappa shape index (κ3) is 3.21. The van der Waals surface area contributed by atoms with Crippen LogP contribution in [0.4, 0.5) is 0 Å². The molecule has 0 aromatic heterocycles. The monoisotopic (exact) mass is 266 g/mol. The van der Waals surface area contributed by atoms with Crippen LogP contribution < -0.4 is 10.6 Å². The van der Waals surface area contributed by atoms with Crippen LogP contribution in [-0.4, -0.2) is 50.3 Å². The van der Waals surface area contributed by atoms with Crippen molar-refractivity contribution < 1.29 is 4.74 Å². The lowest BCUT2D eigenvalue weighted by Crippen LogP contribution is -2.49. The maximum atomic E-state index is 5.33. The Labute approximate surface area is 116 Å². The quantitative estimate of drug-likeness (QED) is 0.805. The number of methoxy groups -OCH3 is 1. The first-order chi connectivity index (χ1) is 9.30. The first kappa shape index (κ1) is 14.2. The maximum absolute atomic E-state index is 5.33. The predicted octanol–water partition coefficient (Wildman–Crippen LogP) is 1.29. The van der Waals surface area contributed by atoms with Gasteiger partial charge in [0, 0.05) is 26.2 Å². The smallest absolute Gasteiger partial charge is 0.290 e. The van der Waals surface area contributed by atoms with Crippen LogP contribution in [0.15, 0.2) is 16.4 Å². The highest BCUT2D eigenvalue weighted by Gasteiger charge is 2.27. The van der Waals surface area contributed by atoms with Crippen molar-refractivity contribution >= 4 is 6.02 Å². The first-order valence-electron chi connectivity index (χ1n) is 7.37. The number of amidine groups is 1. The van der Waals surface area contributed by atoms with E-state index >= 15 is 0 Å². The zero-order valence-electron chi connectivity index (χ0n) is 12.3. The van der Waals surface area contributed by atoms with Gasteiger partial charge in [0.15, 0.2) is 0 Å². The molecule has 0 aromatic carbocycles. The molecule has 1 fully saturated rings. The Balaban J connectivity index is 2.25. The number of nitrogens with one attached hydrogen (secondary N) is 2. The van der Waals surface area contributed by atoms with Crippen molar-refractivity contribution in [1.29, 1.82) is 0 Å². The number of hydrogen-bond donors (Lipinski definition) is 2. The second-order valence-electron chi connectivity index (χ2n) is 5.05. The summed E-state index contributed by atoms with van der Waals surface area (Å²) in [4.78, 5) is 7.08. The molecule has 2 rings (SSSR count). The topological polar surface area (TPSA) is 48.9 Å². The summed E-state index contributed by atoms with van der Waals surface area (Å²) in [5, 5.41) is 6.78. The number of aliphatic imine (C=N–C) groups is 1. The SMILES string of the molecule is CCCC1=C(N2CCNCC2)NC(OC)=NC1CC. The van der Waals surface area contributed by atoms with Crippen LogP contribution in [0.3, 0.4) is 0 Å². The lowest BCUT2D eigenvalue weighted by molar-refractivity contribution is 0.269. The Morgan fingerprint density at radius 1 is 1.32 bits per heavy atom. The van der Waals surface area contributed by atoms with E-state index < -0.39 is 0 Å². The van der Waals surface area contributed by atoms with E-state index in [2.05, 4.69) is 34.4 Å². The Hall–Kier alpha value is -1.23. The molecule has 0 bridgehead atoms. The minimum Gasteiger partial charge on any atom is -0.468 e. The molecule has 1 atom stereocenters. The number of piperazine rings is 1. The summed E-state index contributed by atoms with van der Waals surface area (Å²) in [6.07, 6.45) is 3.28. The summed E-state index contributed by atoms with van der Waals surface area (Å²) in [5.74, 6) is 1.24. The van der Waals surface area contributed by atoms with Crippen molar-refractivity contribution in [3.05, 3.63) is 11.4 Å². The van der Waals surface area contributed by atoms with E-state index in [-0.39, 0.29) is 6.04 Å². The largest absolute Gasteiger partial charge is 0.468 e. The molecule has 0 aromatic rings. The van der Waals surface area contributed by atoms with Gasteiger partial charge in [-0.25, -0.2) is 4.99 Å². The van der Waals surface area contributed by atoms with Crippen molar-refractivity contribution in [2.45, 2.75) is 39.2 Å². The van der Waals surface area contributed by atoms with E-state index in [0.717, 1.165) is 45.4 Å². The number of hydrogen-bond acceptors (Lipinski definition) is 5. The van der Waals surface area contributed by atoms with Gasteiger partial charge in [0.05, 0.1) is 13.2 Å². The minimum atomic E-state index is 0.265. The van der Waals surface area contributed by atoms with E-state index in [1.807, 2.05) is 0 Å². The van der Waals surface area contributed by atoms with E-state index in [1.54, 1.807) is 7.11 Å². The lowest BCUT2D eigenvalue weighted by atomic mass is 9.98. The van der Waals surface area contributed by atoms with Gasteiger partial charge < -0.3 is 15.0 Å². The van der Waals surface area contributed by atoms with Crippen molar-refractivity contribution in [3.8, 4) is 0 Å². The Morgan fingerprint density at radius 3 is 2.63 bits per heavy atom. The Bertz CT molecular complexity index is 358. The maximum Gasteiger partial charge on any atom is 0.290 e. The Morgan fingerprint density at radius 2 is 2.05 bits per heavy atom. The van der Waals surface area contributed by atoms with Gasteiger partial charge in [-0.3, -0.25) is 5.32 Å². The summed E-state index contributed by atoms with van der Waals surface area (Å²) in [6.45, 7) is 8.59. The van der Waals surface area contributed by atoms with Crippen LogP contribution in [0.2, 0.25) is 0 Å². The molecule has 1 saturated heterocycles. The number of ether oxygens (including phenoxy) is 1. The molecule has 5 heteroatoms. The van der Waals surface area contributed by atoms with Gasteiger partial charge >= 0.3 is 0 Å². The standard InChI is InChI=1S/C14H26N4O/c1-4-6-11-12(5-2)16-14(19-3)17-13(11)18-9-7-15-8-10-18/h12,15H,4-10H2,1-3H3,(H,16,17). The van der Waals surface area contributed by atoms with E-state index in [9.17, 15) is 0 Å². The van der Waals surface area contributed by atoms with Gasteiger partial charge in [-0.05, 0) is 18.4 Å². The van der Waals surface area contributed by atoms with Crippen LogP contribution >= 0.6 is 0 Å². The zero-order valence-corrected chi connectivity index (χ0v) is 12.3. The second kappa shape index (κ2) is 6.80. The minimum absolute atomic E-state index is 0.265.